The molecule has 0 bridgehead atoms. The summed E-state index contributed by atoms with van der Waals surface area (Å²) in [6.07, 6.45) is -3.13. The van der Waals surface area contributed by atoms with Crippen molar-refractivity contribution in [2.24, 2.45) is 5.92 Å². The lowest BCUT2D eigenvalue weighted by atomic mass is 10.0. The van der Waals surface area contributed by atoms with Crippen molar-refractivity contribution in [1.82, 2.24) is 0 Å². The summed E-state index contributed by atoms with van der Waals surface area (Å²) in [5.74, 6) is 0.133. The van der Waals surface area contributed by atoms with Gasteiger partial charge in [-0.2, -0.15) is 13.2 Å². The van der Waals surface area contributed by atoms with Gasteiger partial charge in [-0.15, -0.1) is 0 Å². The highest BCUT2D eigenvalue weighted by molar-refractivity contribution is 5.93. The number of hydrogen-bond donors (Lipinski definition) is 0. The maximum atomic E-state index is 12.5. The first-order valence-corrected chi connectivity index (χ1v) is 6.97. The molecule has 1 saturated heterocycles. The number of ether oxygens (including phenoxy) is 1. The van der Waals surface area contributed by atoms with Gasteiger partial charge in [0.25, 0.3) is 0 Å². The van der Waals surface area contributed by atoms with Crippen LogP contribution in [0, 0.1) is 5.92 Å². The molecule has 116 valence electrons. The largest absolute Gasteiger partial charge is 0.416 e. The maximum absolute atomic E-state index is 12.5. The van der Waals surface area contributed by atoms with Crippen LogP contribution in [0.25, 0.3) is 0 Å². The number of nitrogens with zero attached hydrogens (tertiary/aromatic N) is 1. The number of anilines is 1. The molecule has 1 fully saturated rings. The Balaban J connectivity index is 2.07. The van der Waals surface area contributed by atoms with Gasteiger partial charge in [-0.1, -0.05) is 0 Å². The Morgan fingerprint density at radius 3 is 2.48 bits per heavy atom. The van der Waals surface area contributed by atoms with Crippen LogP contribution in [0.2, 0.25) is 0 Å². The van der Waals surface area contributed by atoms with Gasteiger partial charge in [0.05, 0.1) is 5.56 Å². The normalized spacial score (nSPS) is 18.8. The Bertz CT molecular complexity index is 479. The number of amides is 1. The fourth-order valence-corrected chi connectivity index (χ4v) is 2.43. The molecule has 1 aromatic carbocycles. The van der Waals surface area contributed by atoms with E-state index < -0.39 is 11.7 Å². The molecule has 0 radical (unpaired) electrons. The molecular weight excluding hydrogens is 283 g/mol. The summed E-state index contributed by atoms with van der Waals surface area (Å²) in [5.41, 5.74) is -0.214. The molecule has 1 heterocycles. The SMILES string of the molecule is CCN(C(=O)CC1CCOC1)c1ccc(C(F)(F)F)cc1. The van der Waals surface area contributed by atoms with E-state index >= 15 is 0 Å². The minimum atomic E-state index is -4.36. The molecule has 0 spiro atoms. The van der Waals surface area contributed by atoms with Gasteiger partial charge in [-0.3, -0.25) is 4.79 Å². The zero-order valence-electron chi connectivity index (χ0n) is 11.8. The van der Waals surface area contributed by atoms with Crippen molar-refractivity contribution in [3.05, 3.63) is 29.8 Å². The Kier molecular flexibility index (Phi) is 4.88. The van der Waals surface area contributed by atoms with E-state index in [1.54, 1.807) is 6.92 Å². The molecule has 21 heavy (non-hydrogen) atoms. The molecule has 0 aliphatic carbocycles. The van der Waals surface area contributed by atoms with Crippen LogP contribution in [0.3, 0.4) is 0 Å². The fourth-order valence-electron chi connectivity index (χ4n) is 2.43. The summed E-state index contributed by atoms with van der Waals surface area (Å²) < 4.78 is 42.8. The molecule has 1 atom stereocenters. The maximum Gasteiger partial charge on any atom is 0.416 e. The fraction of sp³-hybridized carbons (Fsp3) is 0.533. The van der Waals surface area contributed by atoms with E-state index in [4.69, 9.17) is 4.74 Å². The quantitative estimate of drug-likeness (QED) is 0.852. The Hall–Kier alpha value is -1.56. The molecule has 1 unspecified atom stereocenters. The van der Waals surface area contributed by atoms with Crippen LogP contribution in [0.5, 0.6) is 0 Å². The molecule has 1 aliphatic heterocycles. The first kappa shape index (κ1) is 15.8. The molecule has 1 aromatic rings. The van der Waals surface area contributed by atoms with Gasteiger partial charge in [0.2, 0.25) is 5.91 Å². The van der Waals surface area contributed by atoms with Gasteiger partial charge in [0.1, 0.15) is 0 Å². The topological polar surface area (TPSA) is 29.5 Å². The van der Waals surface area contributed by atoms with Crippen LogP contribution >= 0.6 is 0 Å². The van der Waals surface area contributed by atoms with Crippen LogP contribution in [-0.2, 0) is 15.7 Å². The zero-order valence-corrected chi connectivity index (χ0v) is 11.8. The van der Waals surface area contributed by atoms with E-state index in [0.29, 0.717) is 31.9 Å². The first-order valence-electron chi connectivity index (χ1n) is 6.97. The summed E-state index contributed by atoms with van der Waals surface area (Å²) in [6, 6.07) is 4.69. The van der Waals surface area contributed by atoms with E-state index in [1.807, 2.05) is 0 Å². The number of alkyl halides is 3. The van der Waals surface area contributed by atoms with Crippen molar-refractivity contribution in [2.45, 2.75) is 25.9 Å². The van der Waals surface area contributed by atoms with Crippen LogP contribution in [-0.4, -0.2) is 25.7 Å². The molecule has 2 rings (SSSR count). The third-order valence-corrected chi connectivity index (χ3v) is 3.61. The minimum absolute atomic E-state index is 0.0761. The third-order valence-electron chi connectivity index (χ3n) is 3.61. The molecule has 1 amide bonds. The van der Waals surface area contributed by atoms with Crippen molar-refractivity contribution >= 4 is 11.6 Å². The number of carbonyl (C=O) groups is 1. The van der Waals surface area contributed by atoms with E-state index in [-0.39, 0.29) is 11.8 Å². The van der Waals surface area contributed by atoms with Gasteiger partial charge in [0, 0.05) is 31.9 Å². The second-order valence-corrected chi connectivity index (χ2v) is 5.12. The van der Waals surface area contributed by atoms with Crippen molar-refractivity contribution < 1.29 is 22.7 Å². The summed E-state index contributed by atoms with van der Waals surface area (Å²) in [5, 5.41) is 0. The molecule has 0 N–H and O–H groups in total. The third kappa shape index (κ3) is 3.97. The van der Waals surface area contributed by atoms with Crippen LogP contribution in [0.15, 0.2) is 24.3 Å². The van der Waals surface area contributed by atoms with Gasteiger partial charge >= 0.3 is 6.18 Å². The van der Waals surface area contributed by atoms with E-state index in [1.165, 1.54) is 17.0 Å². The Labute approximate surface area is 121 Å². The average molecular weight is 301 g/mol. The summed E-state index contributed by atoms with van der Waals surface area (Å²) in [4.78, 5) is 13.8. The predicted molar refractivity (Wildman–Crippen MR) is 73.0 cm³/mol. The zero-order chi connectivity index (χ0) is 15.5. The van der Waals surface area contributed by atoms with Crippen molar-refractivity contribution in [3.63, 3.8) is 0 Å². The van der Waals surface area contributed by atoms with Gasteiger partial charge in [-0.05, 0) is 43.5 Å². The van der Waals surface area contributed by atoms with Crippen molar-refractivity contribution in [2.75, 3.05) is 24.7 Å². The second-order valence-electron chi connectivity index (χ2n) is 5.12. The smallest absolute Gasteiger partial charge is 0.381 e. The van der Waals surface area contributed by atoms with Crippen LogP contribution in [0.4, 0.5) is 18.9 Å². The molecule has 0 aromatic heterocycles. The number of hydrogen-bond acceptors (Lipinski definition) is 2. The molecular formula is C15H18F3NO2. The monoisotopic (exact) mass is 301 g/mol. The van der Waals surface area contributed by atoms with Crippen LogP contribution in [0.1, 0.15) is 25.3 Å². The van der Waals surface area contributed by atoms with E-state index in [0.717, 1.165) is 18.6 Å². The highest BCUT2D eigenvalue weighted by Crippen LogP contribution is 2.31. The average Bonchev–Trinajstić information content (AvgIpc) is 2.92. The van der Waals surface area contributed by atoms with E-state index in [9.17, 15) is 18.0 Å². The molecule has 1 aliphatic rings. The second kappa shape index (κ2) is 6.47. The van der Waals surface area contributed by atoms with Crippen molar-refractivity contribution in [3.8, 4) is 0 Å². The van der Waals surface area contributed by atoms with Gasteiger partial charge in [0.15, 0.2) is 0 Å². The lowest BCUT2D eigenvalue weighted by Gasteiger charge is -2.23. The summed E-state index contributed by atoms with van der Waals surface area (Å²) in [6.45, 7) is 3.49. The lowest BCUT2D eigenvalue weighted by Crippen LogP contribution is -2.32. The first-order chi connectivity index (χ1) is 9.91. The number of halogens is 3. The molecule has 3 nitrogen and oxygen atoms in total. The number of rotatable bonds is 4. The predicted octanol–water partition coefficient (Wildman–Crippen LogP) is 3.48. The Morgan fingerprint density at radius 2 is 2.00 bits per heavy atom. The van der Waals surface area contributed by atoms with Crippen LogP contribution < -0.4 is 4.90 Å². The van der Waals surface area contributed by atoms with Crippen molar-refractivity contribution in [1.29, 1.82) is 0 Å². The highest BCUT2D eigenvalue weighted by Gasteiger charge is 2.30. The summed E-state index contributed by atoms with van der Waals surface area (Å²) >= 11 is 0. The molecule has 6 heteroatoms. The Morgan fingerprint density at radius 1 is 1.33 bits per heavy atom. The lowest BCUT2D eigenvalue weighted by molar-refractivity contribution is -0.137. The standard InChI is InChI=1S/C15H18F3NO2/c1-2-19(14(20)9-11-7-8-21-10-11)13-5-3-12(4-6-13)15(16,17)18/h3-6,11H,2,7-10H2,1H3. The summed E-state index contributed by atoms with van der Waals surface area (Å²) in [7, 11) is 0. The minimum Gasteiger partial charge on any atom is -0.381 e. The molecule has 0 saturated carbocycles. The van der Waals surface area contributed by atoms with Gasteiger partial charge < -0.3 is 9.64 Å². The van der Waals surface area contributed by atoms with E-state index in [2.05, 4.69) is 0 Å². The van der Waals surface area contributed by atoms with Gasteiger partial charge in [-0.25, -0.2) is 0 Å². The number of benzene rings is 1. The number of carbonyl (C=O) groups excluding carboxylic acids is 1. The highest BCUT2D eigenvalue weighted by atomic mass is 19.4.